The van der Waals surface area contributed by atoms with E-state index < -0.39 is 0 Å². The minimum absolute atomic E-state index is 0.663. The molecule has 12 heteroatoms. The van der Waals surface area contributed by atoms with E-state index in [-0.39, 0.29) is 0 Å². The van der Waals surface area contributed by atoms with Crippen molar-refractivity contribution in [1.29, 1.82) is 21.0 Å². The number of nitriles is 4. The zero-order valence-corrected chi connectivity index (χ0v) is 41.2. The standard InChI is InChI=1S/C15H22N2O.C14H20N2O.C13H18N2O.C12H16N2O/c1-3-17(4-2)11-5-6-12-18-15-9-7-14(13-16)8-10-15;1-16(2)10-4-3-5-11-17-14-8-6-13(12-15)7-9-14;1-3-15(4-2)9-10-16-13-7-5-12(11-14)6-8-13;1-14(2)8-3-9-15-12-6-4-11(10-13)5-7-12/h7-10H,3-6,11-12H2,1-2H3;6-9H,3-5,10-11H2,1-2H3;5-8H,3-4,9-10H2,1-2H3;4-7H,3,8-9H2,1-2H3. The summed E-state index contributed by atoms with van der Waals surface area (Å²) in [5.74, 6) is 3.34. The molecule has 0 heterocycles. The molecule has 4 aromatic rings. The molecule has 4 aromatic carbocycles. The van der Waals surface area contributed by atoms with Crippen molar-refractivity contribution in [3.05, 3.63) is 119 Å². The summed E-state index contributed by atoms with van der Waals surface area (Å²) in [5.41, 5.74) is 2.67. The fraction of sp³-hybridized carbons (Fsp3) is 0.481. The summed E-state index contributed by atoms with van der Waals surface area (Å²) in [6, 6.07) is 37.3. The van der Waals surface area contributed by atoms with Crippen LogP contribution in [0.1, 0.15) is 88.5 Å². The fourth-order valence-corrected chi connectivity index (χ4v) is 5.97. The van der Waals surface area contributed by atoms with Gasteiger partial charge in [0.15, 0.2) is 0 Å². The summed E-state index contributed by atoms with van der Waals surface area (Å²) in [7, 11) is 8.27. The Kier molecular flexibility index (Phi) is 33.5. The Bertz CT molecular complexity index is 1950. The Hall–Kier alpha value is -6.12. The minimum atomic E-state index is 0.663. The quantitative estimate of drug-likeness (QED) is 0.0553. The summed E-state index contributed by atoms with van der Waals surface area (Å²) < 4.78 is 22.3. The molecule has 12 nitrogen and oxygen atoms in total. The van der Waals surface area contributed by atoms with E-state index in [1.807, 2.05) is 62.6 Å². The molecule has 0 unspecified atom stereocenters. The van der Waals surface area contributed by atoms with Crippen LogP contribution in [0.4, 0.5) is 0 Å². The Morgan fingerprint density at radius 3 is 0.924 bits per heavy atom. The van der Waals surface area contributed by atoms with Gasteiger partial charge in [-0.3, -0.25) is 0 Å². The van der Waals surface area contributed by atoms with Crippen molar-refractivity contribution >= 4 is 0 Å². The summed E-state index contributed by atoms with van der Waals surface area (Å²) in [6.07, 6.45) is 6.72. The predicted molar refractivity (Wildman–Crippen MR) is 267 cm³/mol. The van der Waals surface area contributed by atoms with Crippen molar-refractivity contribution in [3.63, 3.8) is 0 Å². The van der Waals surface area contributed by atoms with E-state index in [9.17, 15) is 0 Å². The smallest absolute Gasteiger partial charge is 0.119 e. The van der Waals surface area contributed by atoms with Crippen molar-refractivity contribution < 1.29 is 18.9 Å². The Morgan fingerprint density at radius 2 is 0.606 bits per heavy atom. The number of nitrogens with zero attached hydrogens (tertiary/aromatic N) is 8. The molecule has 0 spiro atoms. The second-order valence-corrected chi connectivity index (χ2v) is 15.7. The van der Waals surface area contributed by atoms with E-state index in [1.54, 1.807) is 48.5 Å². The van der Waals surface area contributed by atoms with Crippen LogP contribution in [-0.2, 0) is 0 Å². The maximum atomic E-state index is 8.68. The highest BCUT2D eigenvalue weighted by Gasteiger charge is 2.02. The first-order valence-electron chi connectivity index (χ1n) is 23.3. The Labute approximate surface area is 398 Å². The molecule has 0 radical (unpaired) electrons. The summed E-state index contributed by atoms with van der Waals surface area (Å²) >= 11 is 0. The lowest BCUT2D eigenvalue weighted by Crippen LogP contribution is -2.27. The maximum Gasteiger partial charge on any atom is 0.119 e. The van der Waals surface area contributed by atoms with Gasteiger partial charge in [-0.25, -0.2) is 0 Å². The molecule has 66 heavy (non-hydrogen) atoms. The number of rotatable bonds is 26. The topological polar surface area (TPSA) is 145 Å². The van der Waals surface area contributed by atoms with E-state index in [0.29, 0.717) is 35.5 Å². The van der Waals surface area contributed by atoms with Crippen molar-refractivity contribution in [2.75, 3.05) is 107 Å². The third kappa shape index (κ3) is 29.3. The molecule has 0 amide bonds. The third-order valence-electron chi connectivity index (χ3n) is 10.1. The van der Waals surface area contributed by atoms with Crippen LogP contribution in [0.25, 0.3) is 0 Å². The second kappa shape index (κ2) is 38.2. The number of ether oxygens (including phenoxy) is 4. The molecule has 0 aromatic heterocycles. The lowest BCUT2D eigenvalue weighted by Gasteiger charge is -2.17. The lowest BCUT2D eigenvalue weighted by atomic mass is 10.2. The second-order valence-electron chi connectivity index (χ2n) is 15.7. The zero-order chi connectivity index (χ0) is 48.6. The van der Waals surface area contributed by atoms with Gasteiger partial charge in [-0.1, -0.05) is 27.7 Å². The summed E-state index contributed by atoms with van der Waals surface area (Å²) in [6.45, 7) is 20.1. The SMILES string of the molecule is CCN(CC)CCCCOc1ccc(C#N)cc1.CCN(CC)CCOc1ccc(C#N)cc1.CN(C)CCCCCOc1ccc(C#N)cc1.CN(C)CCCOc1ccc(C#N)cc1. The molecule has 0 N–H and O–H groups in total. The predicted octanol–water partition coefficient (Wildman–Crippen LogP) is 9.90. The van der Waals surface area contributed by atoms with Gasteiger partial charge in [0.1, 0.15) is 29.6 Å². The first-order chi connectivity index (χ1) is 32.0. The van der Waals surface area contributed by atoms with Crippen LogP contribution in [0, 0.1) is 45.3 Å². The van der Waals surface area contributed by atoms with E-state index >= 15 is 0 Å². The van der Waals surface area contributed by atoms with Gasteiger partial charge in [0.2, 0.25) is 0 Å². The van der Waals surface area contributed by atoms with E-state index in [0.717, 1.165) is 114 Å². The molecule has 0 aliphatic rings. The largest absolute Gasteiger partial charge is 0.494 e. The summed E-state index contributed by atoms with van der Waals surface area (Å²) in [5, 5.41) is 34.6. The van der Waals surface area contributed by atoms with Gasteiger partial charge < -0.3 is 38.5 Å². The van der Waals surface area contributed by atoms with E-state index in [1.165, 1.54) is 12.8 Å². The first kappa shape index (κ1) is 57.9. The fourth-order valence-electron chi connectivity index (χ4n) is 5.97. The van der Waals surface area contributed by atoms with Crippen LogP contribution in [0.2, 0.25) is 0 Å². The van der Waals surface area contributed by atoms with Gasteiger partial charge in [-0.05, 0) is 203 Å². The van der Waals surface area contributed by atoms with Gasteiger partial charge in [-0.15, -0.1) is 0 Å². The molecule has 0 aliphatic carbocycles. The van der Waals surface area contributed by atoms with E-state index in [2.05, 4.69) is 85.7 Å². The van der Waals surface area contributed by atoms with Gasteiger partial charge in [0.25, 0.3) is 0 Å². The van der Waals surface area contributed by atoms with Gasteiger partial charge >= 0.3 is 0 Å². The number of likely N-dealkylation sites (N-methyl/N-ethyl adjacent to an activating group) is 1. The van der Waals surface area contributed by atoms with Crippen LogP contribution in [0.3, 0.4) is 0 Å². The van der Waals surface area contributed by atoms with Crippen molar-refractivity contribution in [2.24, 2.45) is 0 Å². The number of unbranched alkanes of at least 4 members (excludes halogenated alkanes) is 3. The molecule has 0 fully saturated rings. The monoisotopic (exact) mass is 901 g/mol. The van der Waals surface area contributed by atoms with Crippen LogP contribution in [-0.4, -0.2) is 127 Å². The zero-order valence-electron chi connectivity index (χ0n) is 41.2. The highest BCUT2D eigenvalue weighted by molar-refractivity contribution is 5.36. The highest BCUT2D eigenvalue weighted by Crippen LogP contribution is 2.15. The molecule has 356 valence electrons. The van der Waals surface area contributed by atoms with Crippen LogP contribution >= 0.6 is 0 Å². The van der Waals surface area contributed by atoms with Crippen LogP contribution in [0.5, 0.6) is 23.0 Å². The minimum Gasteiger partial charge on any atom is -0.494 e. The normalized spacial score (nSPS) is 10.2. The third-order valence-corrected chi connectivity index (χ3v) is 10.1. The molecule has 0 atom stereocenters. The molecule has 0 aliphatic heterocycles. The molecule has 0 saturated heterocycles. The maximum absolute atomic E-state index is 8.68. The molecule has 0 bridgehead atoms. The average Bonchev–Trinajstić information content (AvgIpc) is 3.35. The van der Waals surface area contributed by atoms with Crippen molar-refractivity contribution in [2.45, 2.75) is 66.2 Å². The van der Waals surface area contributed by atoms with Crippen molar-refractivity contribution in [1.82, 2.24) is 19.6 Å². The van der Waals surface area contributed by atoms with E-state index in [4.69, 9.17) is 40.0 Å². The first-order valence-corrected chi connectivity index (χ1v) is 23.3. The number of hydrogen-bond acceptors (Lipinski definition) is 12. The van der Waals surface area contributed by atoms with Crippen LogP contribution < -0.4 is 18.9 Å². The summed E-state index contributed by atoms with van der Waals surface area (Å²) in [4.78, 5) is 9.05. The van der Waals surface area contributed by atoms with Crippen molar-refractivity contribution in [3.8, 4) is 47.3 Å². The Balaban J connectivity index is 0.000000441. The van der Waals surface area contributed by atoms with Gasteiger partial charge in [0.05, 0.1) is 66.4 Å². The molecular weight excluding hydrogens is 825 g/mol. The molecule has 0 saturated carbocycles. The van der Waals surface area contributed by atoms with Crippen LogP contribution in [0.15, 0.2) is 97.1 Å². The average molecular weight is 901 g/mol. The number of hydrogen-bond donors (Lipinski definition) is 0. The van der Waals surface area contributed by atoms with Gasteiger partial charge in [0, 0.05) is 13.1 Å². The highest BCUT2D eigenvalue weighted by atomic mass is 16.5. The molecule has 4 rings (SSSR count). The Morgan fingerprint density at radius 1 is 0.333 bits per heavy atom. The van der Waals surface area contributed by atoms with Gasteiger partial charge in [-0.2, -0.15) is 21.0 Å². The number of benzene rings is 4. The molecular formula is C54H76N8O4. The lowest BCUT2D eigenvalue weighted by molar-refractivity contribution is 0.223.